The number of carbonyl (C=O) groups excluding carboxylic acids is 1. The smallest absolute Gasteiger partial charge is 0.301 e. The van der Waals surface area contributed by atoms with Crippen molar-refractivity contribution in [3.8, 4) is 0 Å². The first-order valence-electron chi connectivity index (χ1n) is 5.30. The van der Waals surface area contributed by atoms with Gasteiger partial charge in [-0.3, -0.25) is 10.2 Å². The summed E-state index contributed by atoms with van der Waals surface area (Å²) in [4.78, 5) is 11.3. The van der Waals surface area contributed by atoms with Crippen molar-refractivity contribution >= 4 is 17.7 Å². The van der Waals surface area contributed by atoms with Gasteiger partial charge in [-0.25, -0.2) is 5.84 Å². The average Bonchev–Trinajstić information content (AvgIpc) is 2.66. The van der Waals surface area contributed by atoms with Gasteiger partial charge in [0.05, 0.1) is 5.75 Å². The SMILES string of the molecule is CCC(C)SCc1cc(C)c(C(=O)NN)o1. The molecule has 0 aliphatic carbocycles. The largest absolute Gasteiger partial charge is 0.455 e. The minimum absolute atomic E-state index is 0.308. The second-order valence-corrected chi connectivity index (χ2v) is 5.15. The topological polar surface area (TPSA) is 68.3 Å². The maximum Gasteiger partial charge on any atom is 0.301 e. The van der Waals surface area contributed by atoms with Crippen LogP contribution in [0.2, 0.25) is 0 Å². The molecule has 1 rings (SSSR count). The number of amides is 1. The number of nitrogen functional groups attached to an aromatic ring is 1. The predicted octanol–water partition coefficient (Wildman–Crippen LogP) is 2.22. The minimum Gasteiger partial charge on any atom is -0.455 e. The fraction of sp³-hybridized carbons (Fsp3) is 0.545. The quantitative estimate of drug-likeness (QED) is 0.472. The Morgan fingerprint density at radius 2 is 2.38 bits per heavy atom. The summed E-state index contributed by atoms with van der Waals surface area (Å²) in [5, 5.41) is 0.595. The first kappa shape index (κ1) is 13.1. The molecule has 16 heavy (non-hydrogen) atoms. The molecule has 0 aliphatic heterocycles. The van der Waals surface area contributed by atoms with Gasteiger partial charge in [0.2, 0.25) is 0 Å². The van der Waals surface area contributed by atoms with Crippen LogP contribution in [0, 0.1) is 6.92 Å². The summed E-state index contributed by atoms with van der Waals surface area (Å²) < 4.78 is 5.45. The lowest BCUT2D eigenvalue weighted by atomic mass is 10.2. The molecule has 4 nitrogen and oxygen atoms in total. The van der Waals surface area contributed by atoms with Crippen LogP contribution in [0.5, 0.6) is 0 Å². The number of furan rings is 1. The second-order valence-electron chi connectivity index (χ2n) is 3.73. The molecular weight excluding hydrogens is 224 g/mol. The highest BCUT2D eigenvalue weighted by atomic mass is 32.2. The number of carbonyl (C=O) groups is 1. The maximum absolute atomic E-state index is 11.3. The van der Waals surface area contributed by atoms with Gasteiger partial charge in [0.1, 0.15) is 5.76 Å². The van der Waals surface area contributed by atoms with Gasteiger partial charge in [0.25, 0.3) is 0 Å². The number of hydrazine groups is 1. The molecule has 0 aliphatic rings. The van der Waals surface area contributed by atoms with Crippen molar-refractivity contribution in [2.45, 2.75) is 38.2 Å². The summed E-state index contributed by atoms with van der Waals surface area (Å²) in [6, 6.07) is 1.89. The Balaban J connectivity index is 2.66. The van der Waals surface area contributed by atoms with Gasteiger partial charge in [-0.15, -0.1) is 0 Å². The number of rotatable bonds is 5. The van der Waals surface area contributed by atoms with Gasteiger partial charge in [0, 0.05) is 10.8 Å². The van der Waals surface area contributed by atoms with E-state index >= 15 is 0 Å². The normalized spacial score (nSPS) is 12.5. The lowest BCUT2D eigenvalue weighted by Gasteiger charge is -2.05. The van der Waals surface area contributed by atoms with Gasteiger partial charge in [-0.05, 0) is 19.4 Å². The lowest BCUT2D eigenvalue weighted by molar-refractivity contribution is 0.0923. The fourth-order valence-electron chi connectivity index (χ4n) is 1.25. The van der Waals surface area contributed by atoms with Crippen molar-refractivity contribution in [3.05, 3.63) is 23.2 Å². The summed E-state index contributed by atoms with van der Waals surface area (Å²) in [7, 11) is 0. The Bertz CT molecular complexity index is 363. The van der Waals surface area contributed by atoms with E-state index < -0.39 is 0 Å². The summed E-state index contributed by atoms with van der Waals surface area (Å²) in [6.07, 6.45) is 1.13. The van der Waals surface area contributed by atoms with Crippen LogP contribution < -0.4 is 11.3 Å². The van der Waals surface area contributed by atoms with Crippen LogP contribution in [0.1, 0.15) is 42.1 Å². The molecule has 3 N–H and O–H groups in total. The molecule has 90 valence electrons. The molecular formula is C11H18N2O2S. The third-order valence-electron chi connectivity index (χ3n) is 2.39. The molecule has 0 bridgehead atoms. The van der Waals surface area contributed by atoms with E-state index in [4.69, 9.17) is 10.3 Å². The third kappa shape index (κ3) is 3.28. The van der Waals surface area contributed by atoms with E-state index in [0.717, 1.165) is 23.5 Å². The molecule has 0 saturated carbocycles. The molecule has 1 unspecified atom stereocenters. The zero-order valence-corrected chi connectivity index (χ0v) is 10.7. The first-order chi connectivity index (χ1) is 7.58. The summed E-state index contributed by atoms with van der Waals surface area (Å²) >= 11 is 1.81. The van der Waals surface area contributed by atoms with Crippen LogP contribution in [0.25, 0.3) is 0 Å². The van der Waals surface area contributed by atoms with Crippen LogP contribution in [0.3, 0.4) is 0 Å². The van der Waals surface area contributed by atoms with Crippen LogP contribution in [0.4, 0.5) is 0 Å². The molecule has 1 aromatic heterocycles. The van der Waals surface area contributed by atoms with Crippen molar-refractivity contribution in [3.63, 3.8) is 0 Å². The van der Waals surface area contributed by atoms with Gasteiger partial charge in [0.15, 0.2) is 5.76 Å². The van der Waals surface area contributed by atoms with Gasteiger partial charge >= 0.3 is 5.91 Å². The van der Waals surface area contributed by atoms with Crippen LogP contribution in [0.15, 0.2) is 10.5 Å². The second kappa shape index (κ2) is 5.96. The molecule has 0 aromatic carbocycles. The predicted molar refractivity (Wildman–Crippen MR) is 66.1 cm³/mol. The zero-order valence-electron chi connectivity index (χ0n) is 9.87. The van der Waals surface area contributed by atoms with Gasteiger partial charge < -0.3 is 4.42 Å². The molecule has 1 aromatic rings. The molecule has 1 heterocycles. The van der Waals surface area contributed by atoms with E-state index in [-0.39, 0.29) is 5.91 Å². The molecule has 0 spiro atoms. The molecule has 5 heteroatoms. The van der Waals surface area contributed by atoms with E-state index in [1.54, 1.807) is 0 Å². The molecule has 0 radical (unpaired) electrons. The number of hydrogen-bond acceptors (Lipinski definition) is 4. The Hall–Kier alpha value is -0.940. The number of nitrogens with two attached hydrogens (primary N) is 1. The van der Waals surface area contributed by atoms with Crippen LogP contribution in [-0.2, 0) is 5.75 Å². The summed E-state index contributed by atoms with van der Waals surface area (Å²) in [5.41, 5.74) is 2.89. The van der Waals surface area contributed by atoms with Gasteiger partial charge in [-0.1, -0.05) is 13.8 Å². The average molecular weight is 242 g/mol. The zero-order chi connectivity index (χ0) is 12.1. The van der Waals surface area contributed by atoms with Crippen molar-refractivity contribution in [2.75, 3.05) is 0 Å². The van der Waals surface area contributed by atoms with Gasteiger partial charge in [-0.2, -0.15) is 11.8 Å². The fourth-order valence-corrected chi connectivity index (χ4v) is 2.08. The minimum atomic E-state index is -0.378. The number of hydrogen-bond donors (Lipinski definition) is 2. The number of nitrogens with one attached hydrogen (secondary N) is 1. The molecule has 0 fully saturated rings. The Morgan fingerprint density at radius 3 is 2.94 bits per heavy atom. The summed E-state index contributed by atoms with van der Waals surface area (Å²) in [6.45, 7) is 6.16. The van der Waals surface area contributed by atoms with E-state index in [1.807, 2.05) is 24.8 Å². The Labute approximate surface area is 99.9 Å². The van der Waals surface area contributed by atoms with E-state index in [2.05, 4.69) is 19.3 Å². The maximum atomic E-state index is 11.3. The highest BCUT2D eigenvalue weighted by Gasteiger charge is 2.14. The standard InChI is InChI=1S/C11H18N2O2S/c1-4-8(3)16-6-9-5-7(2)10(15-9)11(14)13-12/h5,8H,4,6,12H2,1-3H3,(H,13,14). The van der Waals surface area contributed by atoms with Crippen molar-refractivity contribution < 1.29 is 9.21 Å². The van der Waals surface area contributed by atoms with Crippen LogP contribution >= 0.6 is 11.8 Å². The third-order valence-corrected chi connectivity index (χ3v) is 3.74. The van der Waals surface area contributed by atoms with E-state index in [9.17, 15) is 4.79 Å². The van der Waals surface area contributed by atoms with Crippen LogP contribution in [-0.4, -0.2) is 11.2 Å². The Morgan fingerprint density at radius 1 is 1.69 bits per heavy atom. The summed E-state index contributed by atoms with van der Waals surface area (Å²) in [5.74, 6) is 6.60. The highest BCUT2D eigenvalue weighted by molar-refractivity contribution is 7.99. The number of thioether (sulfide) groups is 1. The van der Waals surface area contributed by atoms with Crippen molar-refractivity contribution in [1.29, 1.82) is 0 Å². The lowest BCUT2D eigenvalue weighted by Crippen LogP contribution is -2.30. The highest BCUT2D eigenvalue weighted by Crippen LogP contribution is 2.23. The monoisotopic (exact) mass is 242 g/mol. The number of aryl methyl sites for hydroxylation is 1. The van der Waals surface area contributed by atoms with E-state index in [0.29, 0.717) is 11.0 Å². The molecule has 1 atom stereocenters. The molecule has 0 saturated heterocycles. The first-order valence-corrected chi connectivity index (χ1v) is 6.35. The van der Waals surface area contributed by atoms with Crippen molar-refractivity contribution in [1.82, 2.24) is 5.43 Å². The Kier molecular flexibility index (Phi) is 4.89. The van der Waals surface area contributed by atoms with E-state index in [1.165, 1.54) is 0 Å². The van der Waals surface area contributed by atoms with Crippen molar-refractivity contribution in [2.24, 2.45) is 5.84 Å². The molecule has 1 amide bonds.